The molecule has 23 heavy (non-hydrogen) atoms. The predicted octanol–water partition coefficient (Wildman–Crippen LogP) is -1.42. The van der Waals surface area contributed by atoms with E-state index in [0.29, 0.717) is 39.6 Å². The topological polar surface area (TPSA) is 152 Å². The fraction of sp³-hybridized carbons (Fsp3) is 0.846. The lowest BCUT2D eigenvalue weighted by atomic mass is 10.2. The molecule has 0 aromatic heterocycles. The van der Waals surface area contributed by atoms with Crippen molar-refractivity contribution in [1.82, 2.24) is 0 Å². The highest BCUT2D eigenvalue weighted by molar-refractivity contribution is 5.79. The first-order valence-electron chi connectivity index (χ1n) is 6.91. The van der Waals surface area contributed by atoms with Crippen molar-refractivity contribution >= 4 is 11.9 Å². The number of aliphatic hydroxyl groups is 2. The maximum Gasteiger partial charge on any atom is 0.333 e. The number of hydrogen-bond acceptors (Lipinski definition) is 8. The number of hydrogen-bond donors (Lipinski definition) is 4. The molecule has 10 heteroatoms. The summed E-state index contributed by atoms with van der Waals surface area (Å²) in [4.78, 5) is 20.0. The van der Waals surface area contributed by atoms with Crippen LogP contribution in [0.5, 0.6) is 0 Å². The average Bonchev–Trinajstić information content (AvgIpc) is 2.51. The van der Waals surface area contributed by atoms with Gasteiger partial charge in [0, 0.05) is 7.11 Å². The van der Waals surface area contributed by atoms with Crippen LogP contribution in [0.1, 0.15) is 6.42 Å². The molecule has 0 bridgehead atoms. The predicted molar refractivity (Wildman–Crippen MR) is 77.3 cm³/mol. The van der Waals surface area contributed by atoms with Gasteiger partial charge < -0.3 is 39.4 Å². The zero-order chi connectivity index (χ0) is 17.9. The molecule has 0 aliphatic heterocycles. The van der Waals surface area contributed by atoms with Crippen LogP contribution < -0.4 is 0 Å². The summed E-state index contributed by atoms with van der Waals surface area (Å²) in [5.74, 6) is -2.45. The summed E-state index contributed by atoms with van der Waals surface area (Å²) in [6.45, 7) is 2.76. The third-order valence-corrected chi connectivity index (χ3v) is 2.14. The Morgan fingerprint density at radius 3 is 1.43 bits per heavy atom. The van der Waals surface area contributed by atoms with Crippen LogP contribution in [0.3, 0.4) is 0 Å². The summed E-state index contributed by atoms with van der Waals surface area (Å²) in [7, 11) is 1.15. The fourth-order valence-electron chi connectivity index (χ4n) is 1.10. The van der Waals surface area contributed by atoms with Crippen molar-refractivity contribution in [3.05, 3.63) is 0 Å². The van der Waals surface area contributed by atoms with Crippen LogP contribution in [0.25, 0.3) is 0 Å². The minimum absolute atomic E-state index is 0.0413. The van der Waals surface area contributed by atoms with Gasteiger partial charge >= 0.3 is 11.9 Å². The second-order valence-electron chi connectivity index (χ2n) is 3.94. The van der Waals surface area contributed by atoms with E-state index >= 15 is 0 Å². The van der Waals surface area contributed by atoms with Crippen LogP contribution in [-0.4, -0.2) is 98.4 Å². The van der Waals surface area contributed by atoms with Gasteiger partial charge in [0.1, 0.15) is 0 Å². The van der Waals surface area contributed by atoms with Gasteiger partial charge in [0.15, 0.2) is 6.10 Å². The van der Waals surface area contributed by atoms with E-state index in [4.69, 9.17) is 34.6 Å². The van der Waals surface area contributed by atoms with Crippen LogP contribution >= 0.6 is 0 Å². The number of ether oxygens (including phenoxy) is 4. The van der Waals surface area contributed by atoms with E-state index in [-0.39, 0.29) is 13.2 Å². The molecule has 0 saturated heterocycles. The Morgan fingerprint density at radius 1 is 0.826 bits per heavy atom. The second-order valence-corrected chi connectivity index (χ2v) is 3.94. The molecule has 0 rings (SSSR count). The van der Waals surface area contributed by atoms with Gasteiger partial charge in [-0.25, -0.2) is 4.79 Å². The molecule has 0 radical (unpaired) electrons. The maximum atomic E-state index is 10.1. The van der Waals surface area contributed by atoms with E-state index in [9.17, 15) is 9.59 Å². The summed E-state index contributed by atoms with van der Waals surface area (Å²) in [6, 6.07) is 0. The molecule has 0 aliphatic carbocycles. The Bertz CT molecular complexity index is 274. The zero-order valence-corrected chi connectivity index (χ0v) is 13.2. The Balaban J connectivity index is 0. The normalized spacial score (nSPS) is 11.4. The Hall–Kier alpha value is -1.30. The number of carboxylic acids is 2. The number of aliphatic hydroxyl groups excluding tert-OH is 2. The number of rotatable bonds is 14. The molecular formula is C13H26O10. The number of aliphatic carboxylic acids is 2. The first-order chi connectivity index (χ1) is 11.0. The Kier molecular flexibility index (Phi) is 19.5. The highest BCUT2D eigenvalue weighted by Gasteiger charge is 2.19. The van der Waals surface area contributed by atoms with Crippen molar-refractivity contribution in [2.24, 2.45) is 0 Å². The standard InChI is InChI=1S/C8H18O5.C5H8O5/c9-1-3-11-5-7-13-8-6-12-4-2-10;1-10-3(5(8)9)2-4(6)7/h9-10H,1-8H2;3H,2H2,1H3,(H,6,7)(H,8,9). The minimum Gasteiger partial charge on any atom is -0.481 e. The summed E-state index contributed by atoms with van der Waals surface area (Å²) >= 11 is 0. The van der Waals surface area contributed by atoms with E-state index in [1.54, 1.807) is 0 Å². The molecule has 0 aromatic carbocycles. The molecule has 0 heterocycles. The molecule has 4 N–H and O–H groups in total. The summed E-state index contributed by atoms with van der Waals surface area (Å²) in [5.41, 5.74) is 0. The maximum absolute atomic E-state index is 10.1. The van der Waals surface area contributed by atoms with Gasteiger partial charge in [-0.1, -0.05) is 0 Å². The molecule has 0 aliphatic rings. The average molecular weight is 342 g/mol. The minimum atomic E-state index is -1.26. The highest BCUT2D eigenvalue weighted by Crippen LogP contribution is 1.95. The molecule has 0 amide bonds. The Labute approximate surface area is 134 Å². The van der Waals surface area contributed by atoms with Gasteiger partial charge in [-0.05, 0) is 0 Å². The van der Waals surface area contributed by atoms with Crippen molar-refractivity contribution in [3.8, 4) is 0 Å². The lowest BCUT2D eigenvalue weighted by Crippen LogP contribution is -2.25. The molecular weight excluding hydrogens is 316 g/mol. The first-order valence-corrected chi connectivity index (χ1v) is 6.91. The molecule has 0 fully saturated rings. The smallest absolute Gasteiger partial charge is 0.333 e. The van der Waals surface area contributed by atoms with Gasteiger partial charge in [0.05, 0.1) is 59.3 Å². The second kappa shape index (κ2) is 18.7. The van der Waals surface area contributed by atoms with Crippen molar-refractivity contribution < 1.29 is 49.0 Å². The SMILES string of the molecule is COC(CC(=O)O)C(=O)O.OCCOCCOCCOCCO. The van der Waals surface area contributed by atoms with Crippen molar-refractivity contribution in [3.63, 3.8) is 0 Å². The van der Waals surface area contributed by atoms with Crippen LogP contribution in [0.2, 0.25) is 0 Å². The monoisotopic (exact) mass is 342 g/mol. The third kappa shape index (κ3) is 20.7. The van der Waals surface area contributed by atoms with Gasteiger partial charge in [-0.15, -0.1) is 0 Å². The summed E-state index contributed by atoms with van der Waals surface area (Å²) < 4.78 is 19.4. The van der Waals surface area contributed by atoms with E-state index in [0.717, 1.165) is 7.11 Å². The van der Waals surface area contributed by atoms with E-state index < -0.39 is 24.5 Å². The van der Waals surface area contributed by atoms with Crippen LogP contribution in [0, 0.1) is 0 Å². The van der Waals surface area contributed by atoms with Gasteiger partial charge in [0.25, 0.3) is 0 Å². The van der Waals surface area contributed by atoms with Gasteiger partial charge in [0.2, 0.25) is 0 Å². The number of carboxylic acid groups (broad SMARTS) is 2. The van der Waals surface area contributed by atoms with Crippen molar-refractivity contribution in [1.29, 1.82) is 0 Å². The Morgan fingerprint density at radius 2 is 1.22 bits per heavy atom. The lowest BCUT2D eigenvalue weighted by Gasteiger charge is -2.05. The number of methoxy groups -OCH3 is 1. The molecule has 138 valence electrons. The molecule has 0 saturated carbocycles. The molecule has 0 aromatic rings. The van der Waals surface area contributed by atoms with Crippen LogP contribution in [0.4, 0.5) is 0 Å². The summed E-state index contributed by atoms with van der Waals surface area (Å²) in [5, 5.41) is 33.1. The van der Waals surface area contributed by atoms with E-state index in [1.807, 2.05) is 0 Å². The largest absolute Gasteiger partial charge is 0.481 e. The first kappa shape index (κ1) is 24.0. The lowest BCUT2D eigenvalue weighted by molar-refractivity contribution is -0.154. The van der Waals surface area contributed by atoms with Crippen LogP contribution in [0.15, 0.2) is 0 Å². The van der Waals surface area contributed by atoms with Crippen molar-refractivity contribution in [2.45, 2.75) is 12.5 Å². The van der Waals surface area contributed by atoms with E-state index in [1.165, 1.54) is 0 Å². The molecule has 1 atom stereocenters. The quantitative estimate of drug-likeness (QED) is 0.277. The van der Waals surface area contributed by atoms with Gasteiger partial charge in [-0.3, -0.25) is 4.79 Å². The fourth-order valence-corrected chi connectivity index (χ4v) is 1.10. The molecule has 10 nitrogen and oxygen atoms in total. The third-order valence-electron chi connectivity index (χ3n) is 2.14. The molecule has 0 spiro atoms. The molecule has 1 unspecified atom stereocenters. The zero-order valence-electron chi connectivity index (χ0n) is 13.2. The highest BCUT2D eigenvalue weighted by atomic mass is 16.5. The summed E-state index contributed by atoms with van der Waals surface area (Å²) in [6.07, 6.45) is -1.75. The van der Waals surface area contributed by atoms with Gasteiger partial charge in [-0.2, -0.15) is 0 Å². The van der Waals surface area contributed by atoms with Crippen molar-refractivity contribution in [2.75, 3.05) is 60.0 Å². The number of carbonyl (C=O) groups is 2. The van der Waals surface area contributed by atoms with Crippen LogP contribution in [-0.2, 0) is 28.5 Å². The van der Waals surface area contributed by atoms with E-state index in [2.05, 4.69) is 4.74 Å².